The summed E-state index contributed by atoms with van der Waals surface area (Å²) in [6.45, 7) is 5.58. The fraction of sp³-hybridized carbons (Fsp3) is 0.444. The van der Waals surface area contributed by atoms with E-state index in [0.29, 0.717) is 15.6 Å². The van der Waals surface area contributed by atoms with Gasteiger partial charge in [0.1, 0.15) is 12.1 Å². The Kier molecular flexibility index (Phi) is 6.56. The maximum absolute atomic E-state index is 12.3. The summed E-state index contributed by atoms with van der Waals surface area (Å²) in [6, 6.07) is 3.75. The van der Waals surface area contributed by atoms with Crippen LogP contribution in [-0.2, 0) is 19.1 Å². The SMILES string of the molecule is CC(OC(=O)CN1C(=O)NC(C)(C)C1=O)C(=O)NC(C)c1ccc(Cl)cc1Cl. The van der Waals surface area contributed by atoms with Gasteiger partial charge < -0.3 is 15.4 Å². The standard InChI is InChI=1S/C18H21Cl2N3O5/c1-9(12-6-5-11(19)7-13(12)20)21-15(25)10(2)28-14(24)8-23-16(26)18(3,4)22-17(23)27/h5-7,9-10H,8H2,1-4H3,(H,21,25)(H,22,27). The molecule has 0 aliphatic carbocycles. The van der Waals surface area contributed by atoms with E-state index in [1.165, 1.54) is 20.8 Å². The summed E-state index contributed by atoms with van der Waals surface area (Å²) in [5, 5.41) is 6.00. The van der Waals surface area contributed by atoms with Crippen LogP contribution in [0.4, 0.5) is 4.79 Å². The van der Waals surface area contributed by atoms with E-state index in [9.17, 15) is 19.2 Å². The van der Waals surface area contributed by atoms with E-state index in [2.05, 4.69) is 10.6 Å². The van der Waals surface area contributed by atoms with Gasteiger partial charge >= 0.3 is 12.0 Å². The van der Waals surface area contributed by atoms with Gasteiger partial charge in [-0.15, -0.1) is 0 Å². The van der Waals surface area contributed by atoms with Gasteiger partial charge in [-0.25, -0.2) is 4.79 Å². The minimum atomic E-state index is -1.13. The van der Waals surface area contributed by atoms with Crippen molar-refractivity contribution in [2.45, 2.75) is 45.4 Å². The third-order valence-electron chi connectivity index (χ3n) is 4.20. The molecule has 1 aliphatic heterocycles. The highest BCUT2D eigenvalue weighted by Gasteiger charge is 2.45. The first-order valence-electron chi connectivity index (χ1n) is 8.51. The molecule has 1 saturated heterocycles. The Morgan fingerprint density at radius 3 is 2.43 bits per heavy atom. The normalized spacial score (nSPS) is 17.7. The van der Waals surface area contributed by atoms with Crippen molar-refractivity contribution >= 4 is 47.0 Å². The highest BCUT2D eigenvalue weighted by Crippen LogP contribution is 2.26. The van der Waals surface area contributed by atoms with E-state index in [-0.39, 0.29) is 0 Å². The van der Waals surface area contributed by atoms with Crippen molar-refractivity contribution in [3.8, 4) is 0 Å². The molecule has 0 saturated carbocycles. The van der Waals surface area contributed by atoms with Crippen LogP contribution in [0.15, 0.2) is 18.2 Å². The summed E-state index contributed by atoms with van der Waals surface area (Å²) in [5.74, 6) is -1.97. The molecule has 0 bridgehead atoms. The molecule has 2 rings (SSSR count). The maximum atomic E-state index is 12.3. The van der Waals surface area contributed by atoms with Crippen molar-refractivity contribution in [3.05, 3.63) is 33.8 Å². The number of amides is 4. The Hall–Kier alpha value is -2.32. The van der Waals surface area contributed by atoms with Crippen LogP contribution in [0.2, 0.25) is 10.0 Å². The summed E-state index contributed by atoms with van der Waals surface area (Å²) >= 11 is 12.0. The number of carbonyl (C=O) groups is 4. The molecule has 4 amide bonds. The predicted octanol–water partition coefficient (Wildman–Crippen LogP) is 2.43. The lowest BCUT2D eigenvalue weighted by atomic mass is 10.1. The van der Waals surface area contributed by atoms with Gasteiger partial charge in [-0.2, -0.15) is 0 Å². The summed E-state index contributed by atoms with van der Waals surface area (Å²) in [7, 11) is 0. The van der Waals surface area contributed by atoms with Crippen molar-refractivity contribution in [3.63, 3.8) is 0 Å². The van der Waals surface area contributed by atoms with Gasteiger partial charge in [-0.1, -0.05) is 29.3 Å². The second-order valence-electron chi connectivity index (χ2n) is 6.97. The lowest BCUT2D eigenvalue weighted by Crippen LogP contribution is -2.42. The van der Waals surface area contributed by atoms with Crippen molar-refractivity contribution in [1.29, 1.82) is 0 Å². The molecule has 1 aromatic rings. The van der Waals surface area contributed by atoms with Crippen LogP contribution < -0.4 is 10.6 Å². The number of imide groups is 1. The molecule has 8 nitrogen and oxygen atoms in total. The quantitative estimate of drug-likeness (QED) is 0.533. The highest BCUT2D eigenvalue weighted by molar-refractivity contribution is 6.35. The van der Waals surface area contributed by atoms with Crippen molar-refractivity contribution in [2.24, 2.45) is 0 Å². The van der Waals surface area contributed by atoms with Gasteiger partial charge in [0.05, 0.1) is 6.04 Å². The largest absolute Gasteiger partial charge is 0.451 e. The zero-order chi connectivity index (χ0) is 21.2. The maximum Gasteiger partial charge on any atom is 0.327 e. The number of hydrogen-bond acceptors (Lipinski definition) is 5. The molecule has 1 fully saturated rings. The molecular weight excluding hydrogens is 409 g/mol. The minimum absolute atomic E-state index is 0.395. The molecule has 0 radical (unpaired) electrons. The number of carbonyl (C=O) groups excluding carboxylic acids is 4. The lowest BCUT2D eigenvalue weighted by molar-refractivity contribution is -0.156. The topological polar surface area (TPSA) is 105 Å². The lowest BCUT2D eigenvalue weighted by Gasteiger charge is -2.20. The fourth-order valence-corrected chi connectivity index (χ4v) is 3.21. The van der Waals surface area contributed by atoms with Crippen LogP contribution in [0.1, 0.15) is 39.3 Å². The summed E-state index contributed by atoms with van der Waals surface area (Å²) in [4.78, 5) is 49.0. The molecular formula is C18H21Cl2N3O5. The first kappa shape index (κ1) is 22.0. The molecule has 1 heterocycles. The first-order valence-corrected chi connectivity index (χ1v) is 9.27. The predicted molar refractivity (Wildman–Crippen MR) is 103 cm³/mol. The number of hydrogen-bond donors (Lipinski definition) is 2. The van der Waals surface area contributed by atoms with Crippen LogP contribution in [0.25, 0.3) is 0 Å². The Balaban J connectivity index is 1.92. The summed E-state index contributed by atoms with van der Waals surface area (Å²) in [5.41, 5.74) is -0.437. The van der Waals surface area contributed by atoms with Gasteiger partial charge in [0.15, 0.2) is 6.10 Å². The van der Waals surface area contributed by atoms with Gasteiger partial charge in [0, 0.05) is 10.0 Å². The van der Waals surface area contributed by atoms with E-state index in [1.54, 1.807) is 25.1 Å². The molecule has 2 N–H and O–H groups in total. The second kappa shape index (κ2) is 8.36. The van der Waals surface area contributed by atoms with Crippen LogP contribution in [0.5, 0.6) is 0 Å². The number of ether oxygens (including phenoxy) is 1. The monoisotopic (exact) mass is 429 g/mol. The first-order chi connectivity index (χ1) is 12.9. The van der Waals surface area contributed by atoms with Crippen molar-refractivity contribution < 1.29 is 23.9 Å². The van der Waals surface area contributed by atoms with Crippen LogP contribution in [-0.4, -0.2) is 46.9 Å². The summed E-state index contributed by atoms with van der Waals surface area (Å²) in [6.07, 6.45) is -1.13. The van der Waals surface area contributed by atoms with Gasteiger partial charge in [-0.05, 0) is 45.4 Å². The number of urea groups is 1. The van der Waals surface area contributed by atoms with Crippen LogP contribution >= 0.6 is 23.2 Å². The second-order valence-corrected chi connectivity index (χ2v) is 7.82. The smallest absolute Gasteiger partial charge is 0.327 e. The molecule has 0 aromatic heterocycles. The zero-order valence-electron chi connectivity index (χ0n) is 15.8. The average molecular weight is 430 g/mol. The third-order valence-corrected chi connectivity index (χ3v) is 4.76. The number of nitrogens with zero attached hydrogens (tertiary/aromatic N) is 1. The average Bonchev–Trinajstić information content (AvgIpc) is 2.76. The van der Waals surface area contributed by atoms with Gasteiger partial charge in [0.2, 0.25) is 0 Å². The third kappa shape index (κ3) is 4.94. The Bertz CT molecular complexity index is 827. The Labute approximate surface area is 172 Å². The van der Waals surface area contributed by atoms with E-state index in [1.807, 2.05) is 0 Å². The van der Waals surface area contributed by atoms with E-state index in [0.717, 1.165) is 4.90 Å². The number of esters is 1. The van der Waals surface area contributed by atoms with Gasteiger partial charge in [-0.3, -0.25) is 19.3 Å². The number of rotatable bonds is 6. The van der Waals surface area contributed by atoms with Gasteiger partial charge in [0.25, 0.3) is 11.8 Å². The molecule has 1 aliphatic rings. The Morgan fingerprint density at radius 1 is 1.25 bits per heavy atom. The minimum Gasteiger partial charge on any atom is -0.451 e. The molecule has 152 valence electrons. The molecule has 1 aromatic carbocycles. The van der Waals surface area contributed by atoms with Crippen molar-refractivity contribution in [2.75, 3.05) is 6.54 Å². The van der Waals surface area contributed by atoms with E-state index < -0.39 is 48.0 Å². The van der Waals surface area contributed by atoms with Crippen molar-refractivity contribution in [1.82, 2.24) is 15.5 Å². The van der Waals surface area contributed by atoms with Crippen LogP contribution in [0.3, 0.4) is 0 Å². The van der Waals surface area contributed by atoms with E-state index >= 15 is 0 Å². The molecule has 10 heteroatoms. The van der Waals surface area contributed by atoms with E-state index in [4.69, 9.17) is 27.9 Å². The molecule has 0 spiro atoms. The molecule has 28 heavy (non-hydrogen) atoms. The fourth-order valence-electron chi connectivity index (χ4n) is 2.64. The zero-order valence-corrected chi connectivity index (χ0v) is 17.4. The number of benzene rings is 1. The highest BCUT2D eigenvalue weighted by atomic mass is 35.5. The Morgan fingerprint density at radius 2 is 1.89 bits per heavy atom. The summed E-state index contributed by atoms with van der Waals surface area (Å²) < 4.78 is 5.05. The molecule has 2 atom stereocenters. The number of nitrogens with one attached hydrogen (secondary N) is 2. The number of halogens is 2. The van der Waals surface area contributed by atoms with Crippen LogP contribution in [0, 0.1) is 0 Å². The molecule has 2 unspecified atom stereocenters.